The van der Waals surface area contributed by atoms with E-state index in [4.69, 9.17) is 0 Å². The normalized spacial score (nSPS) is 16.5. The third-order valence-electron chi connectivity index (χ3n) is 7.93. The van der Waals surface area contributed by atoms with Gasteiger partial charge in [0.1, 0.15) is 0 Å². The van der Waals surface area contributed by atoms with Gasteiger partial charge >= 0.3 is 0 Å². The van der Waals surface area contributed by atoms with E-state index in [9.17, 15) is 25.0 Å². The lowest BCUT2D eigenvalue weighted by atomic mass is 9.75. The molecular weight excluding hydrogens is 494 g/mol. The largest absolute Gasteiger partial charge is 0.345 e. The molecule has 0 fully saturated rings. The molecule has 206 valence electrons. The highest BCUT2D eigenvalue weighted by Gasteiger charge is 2.33. The molecule has 0 saturated carbocycles. The van der Waals surface area contributed by atoms with Crippen LogP contribution in [-0.2, 0) is 6.42 Å². The van der Waals surface area contributed by atoms with Crippen molar-refractivity contribution in [3.63, 3.8) is 0 Å². The number of aryl methyl sites for hydroxylation is 1. The lowest BCUT2D eigenvalue weighted by molar-refractivity contribution is -0.394. The molecule has 3 aromatic carbocycles. The number of unbranched alkanes of at least 4 members (excludes halogenated alkanes) is 7. The van der Waals surface area contributed by atoms with Crippen LogP contribution in [0, 0.1) is 26.1 Å². The predicted molar refractivity (Wildman–Crippen MR) is 153 cm³/mol. The maximum atomic E-state index is 13.5. The Balaban J connectivity index is 1.58. The molecule has 1 aliphatic carbocycles. The maximum Gasteiger partial charge on any atom is 0.277 e. The Morgan fingerprint density at radius 2 is 1.51 bits per heavy atom. The van der Waals surface area contributed by atoms with Crippen LogP contribution in [-0.4, -0.2) is 15.8 Å². The van der Waals surface area contributed by atoms with Crippen LogP contribution < -0.4 is 5.32 Å². The van der Waals surface area contributed by atoms with E-state index in [0.29, 0.717) is 0 Å². The third-order valence-corrected chi connectivity index (χ3v) is 7.93. The molecule has 1 amide bonds. The Morgan fingerprint density at radius 3 is 2.18 bits per heavy atom. The van der Waals surface area contributed by atoms with Crippen molar-refractivity contribution in [1.82, 2.24) is 5.32 Å². The fourth-order valence-electron chi connectivity index (χ4n) is 5.87. The summed E-state index contributed by atoms with van der Waals surface area (Å²) in [6.45, 7) is 2.22. The average molecular weight is 532 g/mol. The summed E-state index contributed by atoms with van der Waals surface area (Å²) in [6.07, 6.45) is 12.6. The van der Waals surface area contributed by atoms with Gasteiger partial charge in [-0.15, -0.1) is 0 Å². The first-order valence-corrected chi connectivity index (χ1v) is 14.1. The Hall–Kier alpha value is -3.81. The summed E-state index contributed by atoms with van der Waals surface area (Å²) in [6, 6.07) is 15.2. The number of hydrogen-bond donors (Lipinski definition) is 1. The highest BCUT2D eigenvalue weighted by molar-refractivity contribution is 5.96. The van der Waals surface area contributed by atoms with Crippen LogP contribution in [0.25, 0.3) is 10.8 Å². The summed E-state index contributed by atoms with van der Waals surface area (Å²) in [7, 11) is 0. The fourth-order valence-corrected chi connectivity index (χ4v) is 5.87. The van der Waals surface area contributed by atoms with Crippen molar-refractivity contribution in [1.29, 1.82) is 0 Å². The molecule has 0 aliphatic heterocycles. The van der Waals surface area contributed by atoms with Crippen LogP contribution in [0.2, 0.25) is 0 Å². The van der Waals surface area contributed by atoms with E-state index < -0.39 is 27.1 Å². The van der Waals surface area contributed by atoms with Gasteiger partial charge in [-0.05, 0) is 47.1 Å². The zero-order chi connectivity index (χ0) is 27.8. The number of carbonyl (C=O) groups is 1. The first kappa shape index (κ1) is 28.2. The smallest absolute Gasteiger partial charge is 0.277 e. The van der Waals surface area contributed by atoms with Crippen LogP contribution >= 0.6 is 0 Å². The minimum Gasteiger partial charge on any atom is -0.345 e. The van der Waals surface area contributed by atoms with Crippen LogP contribution in [0.4, 0.5) is 11.4 Å². The number of rotatable bonds is 13. The Bertz CT molecular complexity index is 1310. The molecule has 3 aromatic rings. The van der Waals surface area contributed by atoms with Crippen molar-refractivity contribution in [2.45, 2.75) is 83.6 Å². The highest BCUT2D eigenvalue weighted by Crippen LogP contribution is 2.41. The number of non-ortho nitro benzene ring substituents is 2. The van der Waals surface area contributed by atoms with Crippen molar-refractivity contribution in [2.75, 3.05) is 0 Å². The van der Waals surface area contributed by atoms with Crippen LogP contribution in [0.3, 0.4) is 0 Å². The number of fused-ring (bicyclic) bond motifs is 3. The second-order valence-corrected chi connectivity index (χ2v) is 10.6. The lowest BCUT2D eigenvalue weighted by Crippen LogP contribution is -2.36. The molecule has 39 heavy (non-hydrogen) atoms. The van der Waals surface area contributed by atoms with Gasteiger partial charge in [0.15, 0.2) is 0 Å². The summed E-state index contributed by atoms with van der Waals surface area (Å²) in [5, 5.41) is 28.1. The Kier molecular flexibility index (Phi) is 9.63. The fraction of sp³-hybridized carbons (Fsp3) is 0.452. The molecule has 4 rings (SSSR count). The van der Waals surface area contributed by atoms with E-state index >= 15 is 0 Å². The molecule has 0 saturated heterocycles. The van der Waals surface area contributed by atoms with Crippen LogP contribution in [0.15, 0.2) is 54.6 Å². The van der Waals surface area contributed by atoms with Gasteiger partial charge in [0.2, 0.25) is 0 Å². The highest BCUT2D eigenvalue weighted by atomic mass is 16.6. The quantitative estimate of drug-likeness (QED) is 0.135. The van der Waals surface area contributed by atoms with Gasteiger partial charge in [0.25, 0.3) is 17.3 Å². The van der Waals surface area contributed by atoms with E-state index in [2.05, 4.69) is 36.5 Å². The van der Waals surface area contributed by atoms with Gasteiger partial charge in [-0.2, -0.15) is 0 Å². The molecule has 0 radical (unpaired) electrons. The summed E-state index contributed by atoms with van der Waals surface area (Å²) in [5.41, 5.74) is 1.26. The molecule has 0 unspecified atom stereocenters. The number of nitrogens with zero attached hydrogens (tertiary/aromatic N) is 2. The monoisotopic (exact) mass is 531 g/mol. The molecule has 0 spiro atoms. The molecule has 8 heteroatoms. The second-order valence-electron chi connectivity index (χ2n) is 10.6. The topological polar surface area (TPSA) is 115 Å². The number of carbonyl (C=O) groups excluding carboxylic acids is 1. The summed E-state index contributed by atoms with van der Waals surface area (Å²) in [4.78, 5) is 34.9. The van der Waals surface area contributed by atoms with Gasteiger partial charge in [0.05, 0.1) is 27.5 Å². The van der Waals surface area contributed by atoms with Gasteiger partial charge < -0.3 is 5.32 Å². The molecule has 8 nitrogen and oxygen atoms in total. The number of nitro benzene ring substituents is 2. The van der Waals surface area contributed by atoms with E-state index in [0.717, 1.165) is 66.6 Å². The minimum absolute atomic E-state index is 0.0749. The average Bonchev–Trinajstić information content (AvgIpc) is 2.94. The molecular formula is C31H37N3O5. The van der Waals surface area contributed by atoms with E-state index in [1.807, 2.05) is 12.1 Å². The van der Waals surface area contributed by atoms with Gasteiger partial charge in [0, 0.05) is 12.1 Å². The number of nitro groups is 2. The second kappa shape index (κ2) is 13.3. The third kappa shape index (κ3) is 6.99. The van der Waals surface area contributed by atoms with Crippen molar-refractivity contribution < 1.29 is 14.6 Å². The predicted octanol–water partition coefficient (Wildman–Crippen LogP) is 8.22. The molecule has 0 bridgehead atoms. The minimum atomic E-state index is -0.710. The number of nitrogens with one attached hydrogen (secondary N) is 1. The van der Waals surface area contributed by atoms with Crippen molar-refractivity contribution in [2.24, 2.45) is 5.92 Å². The van der Waals surface area contributed by atoms with Gasteiger partial charge in [-0.1, -0.05) is 94.7 Å². The van der Waals surface area contributed by atoms with E-state index in [1.54, 1.807) is 0 Å². The van der Waals surface area contributed by atoms with E-state index in [1.165, 1.54) is 44.1 Å². The molecule has 0 aromatic heterocycles. The summed E-state index contributed by atoms with van der Waals surface area (Å²) in [5.74, 6) is -0.325. The van der Waals surface area contributed by atoms with Gasteiger partial charge in [-0.25, -0.2) is 0 Å². The standard InChI is InChI=1S/C31H37N3O5/c1-2-3-4-5-6-7-8-9-13-24-18-17-23-16-15-22-12-10-11-14-28(22)29(23)30(24)32-31(35)25-19-26(33(36)37)21-27(20-25)34(38)39/h10-12,14-16,19-21,24,30H,2-9,13,17-18H2,1H3,(H,32,35)/t24-,30-/m1/s1. The molecule has 1 aliphatic rings. The number of amides is 1. The maximum absolute atomic E-state index is 13.5. The molecule has 0 heterocycles. The van der Waals surface area contributed by atoms with Crippen molar-refractivity contribution >= 4 is 28.1 Å². The lowest BCUT2D eigenvalue weighted by Gasteiger charge is -2.35. The number of benzene rings is 3. The zero-order valence-electron chi connectivity index (χ0n) is 22.6. The first-order valence-electron chi connectivity index (χ1n) is 14.1. The SMILES string of the molecule is CCCCCCCCCC[C@@H]1CCc2ccc3ccccc3c2[C@@H]1NC(=O)c1cc([N+](=O)[O-])cc([N+](=O)[O-])c1. The molecule has 1 N–H and O–H groups in total. The van der Waals surface area contributed by atoms with E-state index in [-0.39, 0.29) is 17.5 Å². The first-order chi connectivity index (χ1) is 18.9. The summed E-state index contributed by atoms with van der Waals surface area (Å²) >= 11 is 0. The van der Waals surface area contributed by atoms with Gasteiger partial charge in [-0.3, -0.25) is 25.0 Å². The van der Waals surface area contributed by atoms with Crippen LogP contribution in [0.5, 0.6) is 0 Å². The van der Waals surface area contributed by atoms with Crippen molar-refractivity contribution in [3.8, 4) is 0 Å². The Morgan fingerprint density at radius 1 is 0.872 bits per heavy atom. The van der Waals surface area contributed by atoms with Crippen molar-refractivity contribution in [3.05, 3.63) is 91.5 Å². The van der Waals surface area contributed by atoms with Crippen LogP contribution in [0.1, 0.15) is 98.7 Å². The number of hydrogen-bond acceptors (Lipinski definition) is 5. The summed E-state index contributed by atoms with van der Waals surface area (Å²) < 4.78 is 0. The zero-order valence-corrected chi connectivity index (χ0v) is 22.6. The Labute approximate surface area is 229 Å². The molecule has 2 atom stereocenters.